The first kappa shape index (κ1) is 13.2. The lowest BCUT2D eigenvalue weighted by atomic mass is 9.77. The maximum atomic E-state index is 5.69. The molecular weight excluding hydrogens is 196 g/mol. The zero-order valence-electron chi connectivity index (χ0n) is 10.9. The number of aryl methyl sites for hydroxylation is 1. The van der Waals surface area contributed by atoms with E-state index in [1.54, 1.807) is 0 Å². The van der Waals surface area contributed by atoms with Crippen molar-refractivity contribution in [3.63, 3.8) is 0 Å². The lowest BCUT2D eigenvalue weighted by Crippen LogP contribution is -2.33. The molecule has 0 aliphatic carbocycles. The molecular formula is C14H24N2. The topological polar surface area (TPSA) is 38.0 Å². The third-order valence-corrected chi connectivity index (χ3v) is 3.23. The van der Waals surface area contributed by atoms with E-state index >= 15 is 0 Å². The Labute approximate surface area is 99.2 Å². The van der Waals surface area contributed by atoms with Crippen molar-refractivity contribution < 1.29 is 0 Å². The van der Waals surface area contributed by atoms with Gasteiger partial charge in [0, 0.05) is 6.04 Å². The minimum Gasteiger partial charge on any atom is -0.330 e. The van der Waals surface area contributed by atoms with Crippen LogP contribution in [0.5, 0.6) is 0 Å². The molecule has 0 heterocycles. The zero-order valence-corrected chi connectivity index (χ0v) is 10.9. The molecule has 0 radical (unpaired) electrons. The summed E-state index contributed by atoms with van der Waals surface area (Å²) in [4.78, 5) is 0. The van der Waals surface area contributed by atoms with Crippen LogP contribution in [0.15, 0.2) is 24.3 Å². The van der Waals surface area contributed by atoms with Gasteiger partial charge in [-0.15, -0.1) is 0 Å². The van der Waals surface area contributed by atoms with Gasteiger partial charge in [0.25, 0.3) is 0 Å². The Balaban J connectivity index is 2.98. The van der Waals surface area contributed by atoms with Gasteiger partial charge in [0.15, 0.2) is 0 Å². The van der Waals surface area contributed by atoms with Crippen molar-refractivity contribution in [2.24, 2.45) is 11.1 Å². The second-order valence-electron chi connectivity index (χ2n) is 5.16. The fourth-order valence-corrected chi connectivity index (χ4v) is 2.37. The van der Waals surface area contributed by atoms with Crippen LogP contribution in [0, 0.1) is 12.3 Å². The minimum atomic E-state index is 0.178. The van der Waals surface area contributed by atoms with Crippen LogP contribution in [0.4, 0.5) is 0 Å². The molecule has 0 saturated heterocycles. The third-order valence-electron chi connectivity index (χ3n) is 3.23. The number of benzene rings is 1. The molecule has 0 bridgehead atoms. The molecule has 0 saturated carbocycles. The highest BCUT2D eigenvalue weighted by molar-refractivity contribution is 5.26. The Kier molecular flexibility index (Phi) is 4.51. The number of hydrogen-bond donors (Lipinski definition) is 2. The van der Waals surface area contributed by atoms with Gasteiger partial charge in [0.1, 0.15) is 0 Å². The molecule has 0 aliphatic rings. The summed E-state index contributed by atoms with van der Waals surface area (Å²) in [5.41, 5.74) is 8.52. The van der Waals surface area contributed by atoms with Gasteiger partial charge >= 0.3 is 0 Å². The summed E-state index contributed by atoms with van der Waals surface area (Å²) in [6, 6.07) is 9.04. The molecule has 1 aromatic rings. The normalized spacial score (nSPS) is 13.8. The molecule has 16 heavy (non-hydrogen) atoms. The lowest BCUT2D eigenvalue weighted by Gasteiger charge is -2.34. The molecule has 0 aromatic heterocycles. The van der Waals surface area contributed by atoms with Crippen LogP contribution in [-0.4, -0.2) is 13.6 Å². The van der Waals surface area contributed by atoms with Gasteiger partial charge in [0.2, 0.25) is 0 Å². The molecule has 90 valence electrons. The van der Waals surface area contributed by atoms with Crippen LogP contribution in [0.25, 0.3) is 0 Å². The monoisotopic (exact) mass is 220 g/mol. The van der Waals surface area contributed by atoms with E-state index in [-0.39, 0.29) is 5.41 Å². The largest absolute Gasteiger partial charge is 0.330 e. The highest BCUT2D eigenvalue weighted by atomic mass is 14.9. The third kappa shape index (κ3) is 3.06. The zero-order chi connectivity index (χ0) is 12.2. The van der Waals surface area contributed by atoms with Gasteiger partial charge in [-0.05, 0) is 37.9 Å². The minimum absolute atomic E-state index is 0.178. The predicted molar refractivity (Wildman–Crippen MR) is 70.4 cm³/mol. The number of rotatable bonds is 5. The van der Waals surface area contributed by atoms with E-state index in [1.807, 2.05) is 7.05 Å². The smallest absolute Gasteiger partial charge is 0.0369 e. The van der Waals surface area contributed by atoms with Crippen molar-refractivity contribution in [2.75, 3.05) is 13.6 Å². The average molecular weight is 220 g/mol. The Hall–Kier alpha value is -0.860. The van der Waals surface area contributed by atoms with E-state index < -0.39 is 0 Å². The molecule has 3 N–H and O–H groups in total. The van der Waals surface area contributed by atoms with E-state index in [1.165, 1.54) is 11.1 Å². The summed E-state index contributed by atoms with van der Waals surface area (Å²) in [5.74, 6) is 0. The molecule has 0 amide bonds. The van der Waals surface area contributed by atoms with Gasteiger partial charge in [-0.25, -0.2) is 0 Å². The second-order valence-corrected chi connectivity index (χ2v) is 5.16. The maximum Gasteiger partial charge on any atom is 0.0369 e. The summed E-state index contributed by atoms with van der Waals surface area (Å²) in [6.07, 6.45) is 1.02. The van der Waals surface area contributed by atoms with Crippen LogP contribution in [0.1, 0.15) is 37.4 Å². The highest BCUT2D eigenvalue weighted by Gasteiger charge is 2.28. The summed E-state index contributed by atoms with van der Waals surface area (Å²) in [5, 5.41) is 3.42. The first-order valence-corrected chi connectivity index (χ1v) is 5.95. The highest BCUT2D eigenvalue weighted by Crippen LogP contribution is 2.35. The Morgan fingerprint density at radius 3 is 2.56 bits per heavy atom. The molecule has 0 spiro atoms. The summed E-state index contributed by atoms with van der Waals surface area (Å²) < 4.78 is 0. The van der Waals surface area contributed by atoms with Gasteiger partial charge in [-0.3, -0.25) is 0 Å². The fourth-order valence-electron chi connectivity index (χ4n) is 2.37. The quantitative estimate of drug-likeness (QED) is 0.800. The second kappa shape index (κ2) is 5.46. The van der Waals surface area contributed by atoms with Crippen molar-refractivity contribution >= 4 is 0 Å². The molecule has 1 rings (SSSR count). The van der Waals surface area contributed by atoms with Gasteiger partial charge in [-0.2, -0.15) is 0 Å². The molecule has 1 atom stereocenters. The first-order chi connectivity index (χ1) is 7.51. The standard InChI is InChI=1S/C14H24N2/c1-11-6-5-7-12(10-11)13(16-4)14(2,3)8-9-15/h5-7,10,13,16H,8-9,15H2,1-4H3. The van der Waals surface area contributed by atoms with Crippen molar-refractivity contribution in [2.45, 2.75) is 33.2 Å². The van der Waals surface area contributed by atoms with E-state index in [2.05, 4.69) is 50.4 Å². The number of nitrogens with two attached hydrogens (primary N) is 1. The average Bonchev–Trinajstić information content (AvgIpc) is 2.18. The fraction of sp³-hybridized carbons (Fsp3) is 0.571. The van der Waals surface area contributed by atoms with Crippen LogP contribution in [-0.2, 0) is 0 Å². The van der Waals surface area contributed by atoms with Gasteiger partial charge in [0.05, 0.1) is 0 Å². The number of hydrogen-bond acceptors (Lipinski definition) is 2. The summed E-state index contributed by atoms with van der Waals surface area (Å²) >= 11 is 0. The predicted octanol–water partition coefficient (Wildman–Crippen LogP) is 2.63. The van der Waals surface area contributed by atoms with Gasteiger partial charge in [-0.1, -0.05) is 43.7 Å². The Bertz CT molecular complexity index is 331. The van der Waals surface area contributed by atoms with E-state index in [0.29, 0.717) is 6.04 Å². The van der Waals surface area contributed by atoms with Crippen molar-refractivity contribution in [1.29, 1.82) is 0 Å². The summed E-state index contributed by atoms with van der Waals surface area (Å²) in [6.45, 7) is 7.40. The molecule has 1 unspecified atom stereocenters. The Morgan fingerprint density at radius 2 is 2.06 bits per heavy atom. The van der Waals surface area contributed by atoms with Gasteiger partial charge < -0.3 is 11.1 Å². The molecule has 0 fully saturated rings. The van der Waals surface area contributed by atoms with E-state index in [0.717, 1.165) is 13.0 Å². The van der Waals surface area contributed by atoms with Crippen molar-refractivity contribution in [3.8, 4) is 0 Å². The molecule has 0 aliphatic heterocycles. The molecule has 2 heteroatoms. The van der Waals surface area contributed by atoms with Crippen LogP contribution >= 0.6 is 0 Å². The van der Waals surface area contributed by atoms with E-state index in [4.69, 9.17) is 5.73 Å². The maximum absolute atomic E-state index is 5.69. The SMILES string of the molecule is CNC(c1cccc(C)c1)C(C)(C)CCN. The van der Waals surface area contributed by atoms with E-state index in [9.17, 15) is 0 Å². The Morgan fingerprint density at radius 1 is 1.38 bits per heavy atom. The molecule has 2 nitrogen and oxygen atoms in total. The van der Waals surface area contributed by atoms with Crippen molar-refractivity contribution in [3.05, 3.63) is 35.4 Å². The van der Waals surface area contributed by atoms with Crippen LogP contribution < -0.4 is 11.1 Å². The van der Waals surface area contributed by atoms with Crippen LogP contribution in [0.3, 0.4) is 0 Å². The van der Waals surface area contributed by atoms with Crippen molar-refractivity contribution in [1.82, 2.24) is 5.32 Å². The number of nitrogens with one attached hydrogen (secondary N) is 1. The first-order valence-electron chi connectivity index (χ1n) is 5.95. The summed E-state index contributed by atoms with van der Waals surface area (Å²) in [7, 11) is 2.02. The van der Waals surface area contributed by atoms with Crippen LogP contribution in [0.2, 0.25) is 0 Å². The molecule has 1 aromatic carbocycles. The lowest BCUT2D eigenvalue weighted by molar-refractivity contribution is 0.239.